The number of rotatable bonds is 13. The van der Waals surface area contributed by atoms with Crippen LogP contribution in [-0.4, -0.2) is 75.6 Å². The molecule has 2 N–H and O–H groups in total. The Morgan fingerprint density at radius 1 is 1.02 bits per heavy atom. The molecule has 11 heteroatoms. The van der Waals surface area contributed by atoms with Crippen LogP contribution < -0.4 is 10.1 Å². The third-order valence-corrected chi connectivity index (χ3v) is 9.67. The number of carbonyl (C=O) groups is 1. The molecule has 10 nitrogen and oxygen atoms in total. The van der Waals surface area contributed by atoms with Crippen molar-refractivity contribution >= 4 is 16.1 Å². The number of nitrogens with zero attached hydrogens (tertiary/aromatic N) is 1. The summed E-state index contributed by atoms with van der Waals surface area (Å²) < 4.78 is 39.6. The summed E-state index contributed by atoms with van der Waals surface area (Å²) in [5.74, 6) is 0.998. The molecule has 0 spiro atoms. The van der Waals surface area contributed by atoms with Crippen LogP contribution in [0.3, 0.4) is 0 Å². The van der Waals surface area contributed by atoms with E-state index in [4.69, 9.17) is 19.2 Å². The minimum atomic E-state index is -3.95. The van der Waals surface area contributed by atoms with Gasteiger partial charge in [-0.2, -0.15) is 4.31 Å². The van der Waals surface area contributed by atoms with Gasteiger partial charge in [0.25, 0.3) is 0 Å². The molecular formula is C32H48N2O8S. The molecule has 1 aliphatic heterocycles. The zero-order chi connectivity index (χ0) is 31.6. The van der Waals surface area contributed by atoms with E-state index in [1.54, 1.807) is 12.1 Å². The Hall–Kier alpha value is -2.70. The number of methoxy groups -OCH3 is 1. The average Bonchev–Trinajstić information content (AvgIpc) is 2.95. The second kappa shape index (κ2) is 16.4. The number of sulfonamides is 1. The minimum absolute atomic E-state index is 0.00810. The number of nitrogens with one attached hydrogen (secondary N) is 1. The summed E-state index contributed by atoms with van der Waals surface area (Å²) in [6.45, 7) is 10.6. The number of benzene rings is 2. The second-order valence-electron chi connectivity index (χ2n) is 12.1. The summed E-state index contributed by atoms with van der Waals surface area (Å²) in [5.41, 5.74) is 0.876. The van der Waals surface area contributed by atoms with E-state index in [-0.39, 0.29) is 42.2 Å². The number of aliphatic hydroxyl groups is 1. The quantitative estimate of drug-likeness (QED) is 0.310. The van der Waals surface area contributed by atoms with Crippen molar-refractivity contribution < 1.29 is 37.6 Å². The minimum Gasteiger partial charge on any atom is -0.497 e. The first-order valence-electron chi connectivity index (χ1n) is 15.0. The van der Waals surface area contributed by atoms with Gasteiger partial charge in [0.2, 0.25) is 10.0 Å². The summed E-state index contributed by atoms with van der Waals surface area (Å²) in [6, 6.07) is 14.7. The zero-order valence-electron chi connectivity index (χ0n) is 26.1. The highest BCUT2D eigenvalue weighted by Crippen LogP contribution is 2.28. The van der Waals surface area contributed by atoms with Gasteiger partial charge in [0.15, 0.2) is 0 Å². The molecule has 1 amide bonds. The molecule has 0 bridgehead atoms. The monoisotopic (exact) mass is 620 g/mol. The number of carbonyl (C=O) groups excluding carboxylic acids is 1. The normalized spacial score (nSPS) is 21.8. The van der Waals surface area contributed by atoms with Crippen molar-refractivity contribution in [1.29, 1.82) is 0 Å². The van der Waals surface area contributed by atoms with Crippen LogP contribution in [-0.2, 0) is 31.0 Å². The van der Waals surface area contributed by atoms with Crippen molar-refractivity contribution in [2.75, 3.05) is 33.4 Å². The lowest BCUT2D eigenvalue weighted by atomic mass is 9.84. The Labute approximate surface area is 256 Å². The van der Waals surface area contributed by atoms with Crippen molar-refractivity contribution in [2.24, 2.45) is 23.7 Å². The summed E-state index contributed by atoms with van der Waals surface area (Å²) >= 11 is 0. The lowest BCUT2D eigenvalue weighted by Crippen LogP contribution is -2.51. The molecule has 2 aromatic rings. The van der Waals surface area contributed by atoms with Gasteiger partial charge < -0.3 is 19.9 Å². The first kappa shape index (κ1) is 34.8. The molecule has 1 heterocycles. The highest BCUT2D eigenvalue weighted by Gasteiger charge is 2.34. The summed E-state index contributed by atoms with van der Waals surface area (Å²) in [7, 11) is -2.44. The van der Waals surface area contributed by atoms with Gasteiger partial charge in [-0.3, -0.25) is 0 Å². The van der Waals surface area contributed by atoms with Gasteiger partial charge in [0.1, 0.15) is 11.9 Å². The molecular weight excluding hydrogens is 572 g/mol. The average molecular weight is 621 g/mol. The Kier molecular flexibility index (Phi) is 13.3. The van der Waals surface area contributed by atoms with Crippen LogP contribution in [0.15, 0.2) is 59.5 Å². The largest absolute Gasteiger partial charge is 0.497 e. The van der Waals surface area contributed by atoms with Gasteiger partial charge in [-0.25, -0.2) is 23.0 Å². The first-order chi connectivity index (χ1) is 20.4. The van der Waals surface area contributed by atoms with E-state index < -0.39 is 34.4 Å². The van der Waals surface area contributed by atoms with E-state index in [0.29, 0.717) is 24.9 Å². The fourth-order valence-corrected chi connectivity index (χ4v) is 7.06. The van der Waals surface area contributed by atoms with Crippen molar-refractivity contribution in [3.63, 3.8) is 0 Å². The van der Waals surface area contributed by atoms with E-state index >= 15 is 0 Å². The van der Waals surface area contributed by atoms with E-state index in [0.717, 1.165) is 12.0 Å². The molecule has 240 valence electrons. The van der Waals surface area contributed by atoms with E-state index in [1.165, 1.54) is 23.5 Å². The predicted octanol–water partition coefficient (Wildman–Crippen LogP) is 4.67. The maximum absolute atomic E-state index is 13.7. The van der Waals surface area contributed by atoms with Crippen LogP contribution in [0.4, 0.5) is 4.79 Å². The maximum Gasteiger partial charge on any atom is 0.407 e. The molecule has 2 aromatic carbocycles. The number of alkyl carbamates (subject to hydrolysis) is 1. The molecule has 1 saturated heterocycles. The van der Waals surface area contributed by atoms with Crippen LogP contribution in [0.5, 0.6) is 5.75 Å². The van der Waals surface area contributed by atoms with Crippen LogP contribution in [0, 0.1) is 23.7 Å². The molecule has 3 rings (SSSR count). The van der Waals surface area contributed by atoms with E-state index in [9.17, 15) is 18.3 Å². The third-order valence-electron chi connectivity index (χ3n) is 7.82. The van der Waals surface area contributed by atoms with Crippen molar-refractivity contribution in [3.05, 3.63) is 60.2 Å². The number of ether oxygens (including phenoxy) is 2. The van der Waals surface area contributed by atoms with Gasteiger partial charge in [0, 0.05) is 19.0 Å². The van der Waals surface area contributed by atoms with Gasteiger partial charge >= 0.3 is 6.09 Å². The van der Waals surface area contributed by atoms with Crippen LogP contribution in [0.25, 0.3) is 0 Å². The Bertz CT molecular complexity index is 1230. The summed E-state index contributed by atoms with van der Waals surface area (Å²) in [5, 5.41) is 14.3. The topological polar surface area (TPSA) is 124 Å². The van der Waals surface area contributed by atoms with E-state index in [1.807, 2.05) is 51.1 Å². The van der Waals surface area contributed by atoms with Gasteiger partial charge in [-0.15, -0.1) is 0 Å². The van der Waals surface area contributed by atoms with Gasteiger partial charge in [-0.1, -0.05) is 58.0 Å². The molecule has 0 saturated carbocycles. The highest BCUT2D eigenvalue weighted by atomic mass is 32.2. The third kappa shape index (κ3) is 10.5. The lowest BCUT2D eigenvalue weighted by molar-refractivity contribution is -0.319. The molecule has 0 radical (unpaired) electrons. The SMILES string of the molecule is COc1ccc(S(=O)(=O)N(CC(C)C)C[C@@H](O)[C@H](Cc2ccccc2)NC(=O)OC(C)C2COOCC(C)CC2C)cc1. The van der Waals surface area contributed by atoms with Crippen molar-refractivity contribution in [1.82, 2.24) is 9.62 Å². The van der Waals surface area contributed by atoms with Crippen molar-refractivity contribution in [3.8, 4) is 5.75 Å². The summed E-state index contributed by atoms with van der Waals surface area (Å²) in [6.07, 6.45) is -1.21. The molecule has 4 unspecified atom stereocenters. The number of amides is 1. The predicted molar refractivity (Wildman–Crippen MR) is 164 cm³/mol. The Balaban J connectivity index is 1.79. The van der Waals surface area contributed by atoms with E-state index in [2.05, 4.69) is 19.2 Å². The van der Waals surface area contributed by atoms with Crippen LogP contribution in [0.1, 0.15) is 46.6 Å². The number of hydrogen-bond acceptors (Lipinski definition) is 8. The number of aliphatic hydroxyl groups excluding tert-OH is 1. The molecule has 0 aromatic heterocycles. The van der Waals surface area contributed by atoms with Crippen LogP contribution >= 0.6 is 0 Å². The summed E-state index contributed by atoms with van der Waals surface area (Å²) in [4.78, 5) is 23.9. The molecule has 6 atom stereocenters. The highest BCUT2D eigenvalue weighted by molar-refractivity contribution is 7.89. The van der Waals surface area contributed by atoms with Gasteiger partial charge in [0.05, 0.1) is 37.4 Å². The fraction of sp³-hybridized carbons (Fsp3) is 0.594. The molecule has 1 aliphatic rings. The zero-order valence-corrected chi connectivity index (χ0v) is 27.0. The Morgan fingerprint density at radius 3 is 2.30 bits per heavy atom. The molecule has 1 fully saturated rings. The maximum atomic E-state index is 13.7. The number of hydrogen-bond donors (Lipinski definition) is 2. The Morgan fingerprint density at radius 2 is 1.67 bits per heavy atom. The first-order valence-corrected chi connectivity index (χ1v) is 16.4. The van der Waals surface area contributed by atoms with Crippen molar-refractivity contribution in [2.45, 2.75) is 70.6 Å². The van der Waals surface area contributed by atoms with Gasteiger partial charge in [-0.05, 0) is 67.3 Å². The van der Waals surface area contributed by atoms with Crippen LogP contribution in [0.2, 0.25) is 0 Å². The lowest BCUT2D eigenvalue weighted by Gasteiger charge is -2.33. The second-order valence-corrected chi connectivity index (χ2v) is 14.0. The molecule has 43 heavy (non-hydrogen) atoms. The standard InChI is InChI=1S/C32H48N2O8S/c1-22(2)18-34(43(37,38)28-14-12-27(39-6)13-15-28)19-31(35)30(17-26-10-8-7-9-11-26)33-32(36)42-25(5)29-21-41-40-20-23(3)16-24(29)4/h7-15,22-25,29-31,35H,16-21H2,1-6H3,(H,33,36)/t23?,24?,25?,29?,30-,31+/m0/s1. The smallest absolute Gasteiger partial charge is 0.407 e. The fourth-order valence-electron chi connectivity index (χ4n) is 5.43. The molecule has 0 aliphatic carbocycles.